The Kier molecular flexibility index (Phi) is 4.12. The normalized spacial score (nSPS) is 14.9. The fourth-order valence-electron chi connectivity index (χ4n) is 3.34. The third kappa shape index (κ3) is 2.64. The van der Waals surface area contributed by atoms with E-state index in [1.807, 2.05) is 30.3 Å². The van der Waals surface area contributed by atoms with Gasteiger partial charge in [-0.05, 0) is 36.3 Å². The Balaban J connectivity index is 1.85. The molecule has 1 aliphatic heterocycles. The summed E-state index contributed by atoms with van der Waals surface area (Å²) in [6.45, 7) is 5.68. The maximum atomic E-state index is 13.1. The number of likely N-dealkylation sites (N-methyl/N-ethyl adjacent to an activating group) is 1. The maximum absolute atomic E-state index is 13.1. The van der Waals surface area contributed by atoms with Crippen molar-refractivity contribution < 1.29 is 0 Å². The van der Waals surface area contributed by atoms with Crippen molar-refractivity contribution in [2.24, 2.45) is 0 Å². The van der Waals surface area contributed by atoms with Crippen molar-refractivity contribution in [1.29, 1.82) is 0 Å². The van der Waals surface area contributed by atoms with Crippen LogP contribution >= 0.6 is 23.6 Å². The molecule has 0 amide bonds. The predicted molar refractivity (Wildman–Crippen MR) is 101 cm³/mol. The van der Waals surface area contributed by atoms with E-state index in [9.17, 15) is 4.79 Å². The van der Waals surface area contributed by atoms with Gasteiger partial charge in [0.25, 0.3) is 5.56 Å². The van der Waals surface area contributed by atoms with Gasteiger partial charge in [-0.1, -0.05) is 37.3 Å². The molecular weight excluding hydrogens is 338 g/mol. The highest BCUT2D eigenvalue weighted by Gasteiger charge is 2.23. The molecule has 1 aromatic carbocycles. The summed E-state index contributed by atoms with van der Waals surface area (Å²) in [5.41, 5.74) is 2.34. The van der Waals surface area contributed by atoms with Gasteiger partial charge in [0.2, 0.25) is 0 Å². The average Bonchev–Trinajstić information content (AvgIpc) is 2.96. The molecule has 6 heteroatoms. The van der Waals surface area contributed by atoms with Crippen molar-refractivity contribution in [3.05, 3.63) is 61.5 Å². The number of H-pyrrole nitrogens is 1. The van der Waals surface area contributed by atoms with Crippen molar-refractivity contribution in [3.8, 4) is 0 Å². The Bertz CT molecular complexity index is 1000. The fraction of sp³-hybridized carbons (Fsp3) is 0.333. The Hall–Kier alpha value is -1.76. The van der Waals surface area contributed by atoms with Crippen LogP contribution in [0.25, 0.3) is 10.2 Å². The van der Waals surface area contributed by atoms with Crippen LogP contribution < -0.4 is 5.56 Å². The summed E-state index contributed by atoms with van der Waals surface area (Å²) in [5.74, 6) is 0. The summed E-state index contributed by atoms with van der Waals surface area (Å²) in [7, 11) is 0. The summed E-state index contributed by atoms with van der Waals surface area (Å²) < 4.78 is 2.19. The number of thiophene rings is 1. The lowest BCUT2D eigenvalue weighted by atomic mass is 10.1. The van der Waals surface area contributed by atoms with E-state index in [2.05, 4.69) is 16.8 Å². The quantitative estimate of drug-likeness (QED) is 0.729. The molecule has 0 aliphatic carbocycles. The first-order valence-electron chi connectivity index (χ1n) is 8.21. The van der Waals surface area contributed by atoms with Gasteiger partial charge in [0.05, 0.1) is 11.9 Å². The largest absolute Gasteiger partial charge is 0.323 e. The summed E-state index contributed by atoms with van der Waals surface area (Å²) in [4.78, 5) is 21.0. The zero-order valence-electron chi connectivity index (χ0n) is 13.5. The van der Waals surface area contributed by atoms with Gasteiger partial charge in [-0.25, -0.2) is 0 Å². The Morgan fingerprint density at radius 2 is 2.08 bits per heavy atom. The molecule has 0 radical (unpaired) electrons. The third-order valence-electron chi connectivity index (χ3n) is 4.69. The van der Waals surface area contributed by atoms with Gasteiger partial charge in [-0.15, -0.1) is 11.3 Å². The second-order valence-electron chi connectivity index (χ2n) is 6.13. The summed E-state index contributed by atoms with van der Waals surface area (Å²) >= 11 is 7.14. The molecule has 124 valence electrons. The Morgan fingerprint density at radius 1 is 1.29 bits per heavy atom. The number of rotatable bonds is 3. The molecule has 1 aliphatic rings. The van der Waals surface area contributed by atoms with Crippen molar-refractivity contribution >= 4 is 33.8 Å². The first-order valence-corrected chi connectivity index (χ1v) is 9.43. The van der Waals surface area contributed by atoms with Crippen LogP contribution in [0.1, 0.15) is 22.9 Å². The van der Waals surface area contributed by atoms with Crippen LogP contribution in [0.4, 0.5) is 0 Å². The van der Waals surface area contributed by atoms with Crippen LogP contribution in [-0.4, -0.2) is 27.5 Å². The van der Waals surface area contributed by atoms with Gasteiger partial charge in [0.1, 0.15) is 4.83 Å². The number of nitrogens with one attached hydrogen (secondary N) is 1. The van der Waals surface area contributed by atoms with E-state index in [0.29, 0.717) is 11.3 Å². The number of nitrogens with zero attached hydrogens (tertiary/aromatic N) is 2. The zero-order chi connectivity index (χ0) is 16.7. The van der Waals surface area contributed by atoms with Crippen molar-refractivity contribution in [3.63, 3.8) is 0 Å². The molecule has 2 aromatic heterocycles. The second kappa shape index (κ2) is 6.27. The molecule has 24 heavy (non-hydrogen) atoms. The van der Waals surface area contributed by atoms with Crippen molar-refractivity contribution in [2.75, 3.05) is 13.1 Å². The smallest absolute Gasteiger partial charge is 0.263 e. The number of aromatic nitrogens is 2. The molecule has 3 aromatic rings. The molecular formula is C18H19N3OS2. The molecule has 0 spiro atoms. The predicted octanol–water partition coefficient (Wildman–Crippen LogP) is 3.55. The first-order chi connectivity index (χ1) is 11.7. The molecule has 1 N–H and O–H groups in total. The topological polar surface area (TPSA) is 41.0 Å². The van der Waals surface area contributed by atoms with Gasteiger partial charge < -0.3 is 4.98 Å². The van der Waals surface area contributed by atoms with E-state index in [-0.39, 0.29) is 5.56 Å². The molecule has 4 rings (SSSR count). The molecule has 0 unspecified atom stereocenters. The van der Waals surface area contributed by atoms with E-state index in [4.69, 9.17) is 12.2 Å². The number of benzene rings is 1. The minimum atomic E-state index is 0.0417. The van der Waals surface area contributed by atoms with Crippen LogP contribution in [0, 0.1) is 4.77 Å². The standard InChI is InChI=1S/C18H19N3OS2/c1-2-20-9-8-13-14(11-20)24-16-15(13)17(22)21(18(23)19-16)10-12-6-4-3-5-7-12/h3-7H,2,8-11H2,1H3,(H,19,23). The average molecular weight is 358 g/mol. The van der Waals surface area contributed by atoms with Gasteiger partial charge in [-0.3, -0.25) is 14.3 Å². The van der Waals surface area contributed by atoms with Crippen LogP contribution in [0.3, 0.4) is 0 Å². The highest BCUT2D eigenvalue weighted by Crippen LogP contribution is 2.32. The molecule has 0 saturated heterocycles. The van der Waals surface area contributed by atoms with Crippen molar-refractivity contribution in [2.45, 2.75) is 26.4 Å². The highest BCUT2D eigenvalue weighted by atomic mass is 32.1. The molecule has 0 saturated carbocycles. The number of hydrogen-bond donors (Lipinski definition) is 1. The minimum Gasteiger partial charge on any atom is -0.323 e. The highest BCUT2D eigenvalue weighted by molar-refractivity contribution is 7.71. The second-order valence-corrected chi connectivity index (χ2v) is 7.63. The van der Waals surface area contributed by atoms with Gasteiger partial charge in [-0.2, -0.15) is 0 Å². The fourth-order valence-corrected chi connectivity index (χ4v) is 4.94. The lowest BCUT2D eigenvalue weighted by Crippen LogP contribution is -2.30. The van der Waals surface area contributed by atoms with Crippen molar-refractivity contribution in [1.82, 2.24) is 14.5 Å². The first kappa shape index (κ1) is 15.7. The van der Waals surface area contributed by atoms with E-state index < -0.39 is 0 Å². The van der Waals surface area contributed by atoms with Gasteiger partial charge >= 0.3 is 0 Å². The Labute approximate surface area is 149 Å². The lowest BCUT2D eigenvalue weighted by Gasteiger charge is -2.24. The van der Waals surface area contributed by atoms with Gasteiger partial charge in [0.15, 0.2) is 4.77 Å². The number of hydrogen-bond acceptors (Lipinski definition) is 4. The molecule has 4 nitrogen and oxygen atoms in total. The van der Waals surface area contributed by atoms with Crippen LogP contribution in [0.15, 0.2) is 35.1 Å². The van der Waals surface area contributed by atoms with Crippen LogP contribution in [0.2, 0.25) is 0 Å². The molecule has 0 bridgehead atoms. The van der Waals surface area contributed by atoms with Gasteiger partial charge in [0, 0.05) is 18.0 Å². The van der Waals surface area contributed by atoms with E-state index in [1.165, 1.54) is 10.4 Å². The Morgan fingerprint density at radius 3 is 2.83 bits per heavy atom. The molecule has 0 fully saturated rings. The van der Waals surface area contributed by atoms with Crippen LogP contribution in [-0.2, 0) is 19.5 Å². The maximum Gasteiger partial charge on any atom is 0.263 e. The van der Waals surface area contributed by atoms with E-state index in [0.717, 1.165) is 41.8 Å². The molecule has 0 atom stereocenters. The number of aromatic amines is 1. The number of fused-ring (bicyclic) bond motifs is 3. The third-order valence-corrected chi connectivity index (χ3v) is 6.15. The minimum absolute atomic E-state index is 0.0417. The SMILES string of the molecule is CCN1CCc2c(sc3[nH]c(=S)n(Cc4ccccc4)c(=O)c23)C1. The zero-order valence-corrected chi connectivity index (χ0v) is 15.2. The van der Waals surface area contributed by atoms with E-state index >= 15 is 0 Å². The monoisotopic (exact) mass is 357 g/mol. The van der Waals surface area contributed by atoms with E-state index in [1.54, 1.807) is 15.9 Å². The summed E-state index contributed by atoms with van der Waals surface area (Å²) in [6, 6.07) is 9.99. The summed E-state index contributed by atoms with van der Waals surface area (Å²) in [6.07, 6.45) is 0.939. The van der Waals surface area contributed by atoms with Crippen LogP contribution in [0.5, 0.6) is 0 Å². The summed E-state index contributed by atoms with van der Waals surface area (Å²) in [5, 5.41) is 0.843. The lowest BCUT2D eigenvalue weighted by molar-refractivity contribution is 0.272. The molecule has 3 heterocycles.